The number of anilines is 1. The van der Waals surface area contributed by atoms with Gasteiger partial charge < -0.3 is 5.11 Å². The number of phenolic OH excluding ortho intramolecular Hbond substituents is 1. The first kappa shape index (κ1) is 30.3. The number of hydrogen-bond donors (Lipinski definition) is 1. The molecule has 0 aromatic heterocycles. The molecule has 2 aromatic rings. The highest BCUT2D eigenvalue weighted by Crippen LogP contribution is 2.66. The predicted octanol–water partition coefficient (Wildman–Crippen LogP) is 5.01. The summed E-state index contributed by atoms with van der Waals surface area (Å²) in [5.41, 5.74) is -1.35. The lowest BCUT2D eigenvalue weighted by atomic mass is 9.56. The lowest BCUT2D eigenvalue weighted by molar-refractivity contribution is -0.138. The quantitative estimate of drug-likeness (QED) is 0.125. The van der Waals surface area contributed by atoms with Crippen LogP contribution in [-0.2, 0) is 25.6 Å². The maximum absolute atomic E-state index is 15.1. The third kappa shape index (κ3) is 3.55. The Kier molecular flexibility index (Phi) is 6.79. The second kappa shape index (κ2) is 9.87. The number of likely N-dealkylation sites (tertiary alicyclic amines) is 1. The van der Waals surface area contributed by atoms with Crippen molar-refractivity contribution in [3.05, 3.63) is 82.7 Å². The average molecular weight is 655 g/mol. The lowest BCUT2D eigenvalue weighted by Gasteiger charge is -2.50. The Morgan fingerprint density at radius 1 is 0.955 bits per heavy atom. The van der Waals surface area contributed by atoms with Crippen LogP contribution in [0.15, 0.2) is 42.5 Å². The first-order chi connectivity index (χ1) is 20.6. The van der Waals surface area contributed by atoms with Crippen LogP contribution in [0.3, 0.4) is 0 Å². The third-order valence-corrected chi connectivity index (χ3v) is 10.7. The lowest BCUT2D eigenvalue weighted by Crippen LogP contribution is -2.60. The molecule has 0 unspecified atom stereocenters. The average Bonchev–Trinajstić information content (AvgIpc) is 3.30. The molecule has 7 nitrogen and oxygen atoms in total. The molecule has 0 radical (unpaired) electrons. The summed E-state index contributed by atoms with van der Waals surface area (Å²) in [7, 11) is 1.28. The zero-order valence-corrected chi connectivity index (χ0v) is 24.2. The van der Waals surface area contributed by atoms with Crippen molar-refractivity contribution in [2.75, 3.05) is 11.9 Å². The Balaban J connectivity index is 1.64. The van der Waals surface area contributed by atoms with Gasteiger partial charge in [0.1, 0.15) is 11.4 Å². The van der Waals surface area contributed by atoms with E-state index in [2.05, 4.69) is 6.58 Å². The third-order valence-electron chi connectivity index (χ3n) is 9.27. The topological polar surface area (TPSA) is 95.0 Å². The summed E-state index contributed by atoms with van der Waals surface area (Å²) in [4.78, 5) is 49.8. The van der Waals surface area contributed by atoms with Gasteiger partial charge in [-0.3, -0.25) is 24.1 Å². The highest BCUT2D eigenvalue weighted by atomic mass is 35.5. The molecule has 4 amide bonds. The van der Waals surface area contributed by atoms with Crippen molar-refractivity contribution in [1.82, 2.24) is 4.90 Å². The van der Waals surface area contributed by atoms with Crippen molar-refractivity contribution in [2.45, 2.75) is 34.9 Å². The second-order valence-corrected chi connectivity index (χ2v) is 12.5. The van der Waals surface area contributed by atoms with E-state index in [4.69, 9.17) is 23.2 Å². The fraction of sp³-hybridized carbons (Fsp3) is 0.333. The number of phenols is 1. The van der Waals surface area contributed by atoms with Gasteiger partial charge in [0, 0.05) is 18.5 Å². The predicted molar refractivity (Wildman–Crippen MR) is 146 cm³/mol. The molecule has 14 heteroatoms. The van der Waals surface area contributed by atoms with E-state index in [1.54, 1.807) is 6.08 Å². The number of allylic oxidation sites excluding steroid dienone is 3. The summed E-state index contributed by atoms with van der Waals surface area (Å²) in [6.45, 7) is 3.64. The fourth-order valence-corrected chi connectivity index (χ4v) is 8.16. The molecule has 0 bridgehead atoms. The highest BCUT2D eigenvalue weighted by molar-refractivity contribution is 6.58. The number of carbonyl (C=O) groups excluding carboxylic acids is 4. The van der Waals surface area contributed by atoms with Crippen LogP contribution < -0.4 is 4.90 Å². The molecule has 2 aliphatic carbocycles. The minimum absolute atomic E-state index is 0.0147. The standard InChI is InChI=1S/C30H21Cl2F5N2O5/c1-3-5-11-6-4-7-14(24(11)40)17-12-8-9-13-16(26(42)38(2)25(13)41)15(12)10-29(31)27(43)39(28(44)30(17,29)32)23-21(36)19(34)18(33)20(35)22(23)37/h3-4,6-8,13,15-17,40H,1,5,9-10H2,2H3/t13-,15+,16-,17+,29+,30-/m0/s1. The van der Waals surface area contributed by atoms with Crippen molar-refractivity contribution in [1.29, 1.82) is 0 Å². The Bertz CT molecular complexity index is 1740. The number of halogens is 7. The minimum atomic E-state index is -2.71. The molecule has 4 aliphatic rings. The molecule has 1 N–H and O–H groups in total. The van der Waals surface area contributed by atoms with E-state index in [-0.39, 0.29) is 34.6 Å². The van der Waals surface area contributed by atoms with E-state index in [9.17, 15) is 37.5 Å². The zero-order valence-electron chi connectivity index (χ0n) is 22.6. The number of amides is 4. The zero-order chi connectivity index (χ0) is 32.2. The van der Waals surface area contributed by atoms with E-state index in [1.807, 2.05) is 0 Å². The van der Waals surface area contributed by atoms with Gasteiger partial charge in [-0.05, 0) is 30.7 Å². The van der Waals surface area contributed by atoms with Crippen molar-refractivity contribution in [3.63, 3.8) is 0 Å². The summed E-state index contributed by atoms with van der Waals surface area (Å²) in [6, 6.07) is 4.41. The van der Waals surface area contributed by atoms with Gasteiger partial charge in [-0.15, -0.1) is 29.8 Å². The van der Waals surface area contributed by atoms with Gasteiger partial charge in [0.2, 0.25) is 17.6 Å². The van der Waals surface area contributed by atoms with Crippen molar-refractivity contribution in [3.8, 4) is 5.75 Å². The smallest absolute Gasteiger partial charge is 0.258 e. The number of imide groups is 2. The number of benzene rings is 2. The molecular formula is C30H21Cl2F5N2O5. The van der Waals surface area contributed by atoms with Gasteiger partial charge >= 0.3 is 0 Å². The summed E-state index contributed by atoms with van der Waals surface area (Å²) in [5, 5.41) is 11.4. The van der Waals surface area contributed by atoms with E-state index in [0.29, 0.717) is 5.56 Å². The Morgan fingerprint density at radius 3 is 2.18 bits per heavy atom. The van der Waals surface area contributed by atoms with E-state index >= 15 is 8.78 Å². The molecule has 1 saturated carbocycles. The van der Waals surface area contributed by atoms with Crippen LogP contribution >= 0.6 is 23.2 Å². The molecule has 6 atom stereocenters. The number of para-hydroxylation sites is 1. The summed E-state index contributed by atoms with van der Waals surface area (Å²) in [5.74, 6) is -21.5. The summed E-state index contributed by atoms with van der Waals surface area (Å²) in [6.07, 6.45) is 2.57. The van der Waals surface area contributed by atoms with Gasteiger partial charge in [-0.25, -0.2) is 26.9 Å². The molecule has 230 valence electrons. The van der Waals surface area contributed by atoms with Crippen molar-refractivity contribution >= 4 is 52.5 Å². The molecule has 2 saturated heterocycles. The SMILES string of the molecule is C=CCc1cccc([C@H]2C3=CC[C@@H]4C(=O)N(C)C(=O)[C@@H]4[C@@H]3C[C@@]3(Cl)C(=O)N(c4c(F)c(F)c(F)c(F)c4F)C(=O)[C@@]23Cl)c1O. The molecule has 44 heavy (non-hydrogen) atoms. The Hall–Kier alpha value is -3.77. The Labute approximate surface area is 256 Å². The van der Waals surface area contributed by atoms with Crippen LogP contribution in [0.1, 0.15) is 29.9 Å². The van der Waals surface area contributed by atoms with Crippen molar-refractivity contribution < 1.29 is 46.2 Å². The molecule has 2 heterocycles. The van der Waals surface area contributed by atoms with E-state index in [1.165, 1.54) is 31.3 Å². The normalized spacial score (nSPS) is 31.2. The van der Waals surface area contributed by atoms with Gasteiger partial charge in [0.25, 0.3) is 11.8 Å². The molecule has 6 rings (SSSR count). The van der Waals surface area contributed by atoms with Crippen molar-refractivity contribution in [2.24, 2.45) is 17.8 Å². The van der Waals surface area contributed by atoms with Gasteiger partial charge in [-0.1, -0.05) is 35.9 Å². The number of fused-ring (bicyclic) bond motifs is 4. The van der Waals surface area contributed by atoms with Crippen LogP contribution in [0.4, 0.5) is 27.6 Å². The second-order valence-electron chi connectivity index (χ2n) is 11.3. The molecule has 0 spiro atoms. The van der Waals surface area contributed by atoms with Crippen LogP contribution in [-0.4, -0.2) is 50.4 Å². The molecule has 2 aliphatic heterocycles. The number of nitrogens with zero attached hydrogens (tertiary/aromatic N) is 2. The first-order valence-corrected chi connectivity index (χ1v) is 14.1. The van der Waals surface area contributed by atoms with Gasteiger partial charge in [0.05, 0.1) is 11.8 Å². The van der Waals surface area contributed by atoms with Crippen LogP contribution in [0.25, 0.3) is 0 Å². The van der Waals surface area contributed by atoms with Crippen LogP contribution in [0, 0.1) is 46.8 Å². The fourth-order valence-electron chi connectivity index (χ4n) is 7.23. The largest absolute Gasteiger partial charge is 0.507 e. The number of alkyl halides is 2. The molecule has 3 fully saturated rings. The van der Waals surface area contributed by atoms with E-state index in [0.717, 1.165) is 4.90 Å². The molecular weight excluding hydrogens is 634 g/mol. The number of hydrogen-bond acceptors (Lipinski definition) is 5. The maximum atomic E-state index is 15.1. The highest BCUT2D eigenvalue weighted by Gasteiger charge is 2.77. The van der Waals surface area contributed by atoms with Gasteiger partial charge in [0.15, 0.2) is 33.0 Å². The summed E-state index contributed by atoms with van der Waals surface area (Å²) < 4.78 is 72.6. The van der Waals surface area contributed by atoms with Gasteiger partial charge in [-0.2, -0.15) is 0 Å². The first-order valence-electron chi connectivity index (χ1n) is 13.4. The Morgan fingerprint density at radius 2 is 1.57 bits per heavy atom. The molecule has 2 aromatic carbocycles. The van der Waals surface area contributed by atoms with Crippen LogP contribution in [0.2, 0.25) is 0 Å². The number of carbonyl (C=O) groups is 4. The maximum Gasteiger partial charge on any atom is 0.258 e. The van der Waals surface area contributed by atoms with E-state index < -0.39 is 98.2 Å². The monoisotopic (exact) mass is 654 g/mol. The number of rotatable bonds is 4. The number of aromatic hydroxyl groups is 1. The van der Waals surface area contributed by atoms with Crippen LogP contribution in [0.5, 0.6) is 5.75 Å². The minimum Gasteiger partial charge on any atom is -0.507 e. The summed E-state index contributed by atoms with van der Waals surface area (Å²) >= 11 is 14.1.